The first-order valence-electron chi connectivity index (χ1n) is 8.32. The van der Waals surface area contributed by atoms with Crippen LogP contribution in [0.15, 0.2) is 30.4 Å². The first-order valence-corrected chi connectivity index (χ1v) is 8.70. The summed E-state index contributed by atoms with van der Waals surface area (Å²) in [5.41, 5.74) is 2.03. The van der Waals surface area contributed by atoms with Gasteiger partial charge in [-0.25, -0.2) is 9.59 Å². The highest BCUT2D eigenvalue weighted by Gasteiger charge is 2.26. The minimum Gasteiger partial charge on any atom is -0.437 e. The molecule has 0 spiro atoms. The summed E-state index contributed by atoms with van der Waals surface area (Å²) in [6.45, 7) is 5.24. The lowest BCUT2D eigenvalue weighted by molar-refractivity contribution is -0.130. The van der Waals surface area contributed by atoms with Crippen LogP contribution in [0.5, 0.6) is 11.5 Å². The van der Waals surface area contributed by atoms with Crippen LogP contribution in [-0.4, -0.2) is 19.2 Å². The number of methoxy groups -OCH3 is 1. The fraction of sp³-hybridized carbons (Fsp3) is 0.300. The summed E-state index contributed by atoms with van der Waals surface area (Å²) < 4.78 is 15.8. The van der Waals surface area contributed by atoms with E-state index in [0.29, 0.717) is 39.3 Å². The Hall–Kier alpha value is -2.53. The van der Waals surface area contributed by atoms with Crippen molar-refractivity contribution in [3.8, 4) is 11.5 Å². The smallest absolute Gasteiger partial charge is 0.437 e. The van der Waals surface area contributed by atoms with Gasteiger partial charge in [-0.15, -0.1) is 0 Å². The van der Waals surface area contributed by atoms with E-state index in [1.54, 1.807) is 25.1 Å². The molecule has 136 valence electrons. The zero-order chi connectivity index (χ0) is 18.8. The van der Waals surface area contributed by atoms with Gasteiger partial charge >= 0.3 is 12.1 Å². The Labute approximate surface area is 156 Å². The second-order valence-electron chi connectivity index (χ2n) is 6.24. The van der Waals surface area contributed by atoms with Gasteiger partial charge in [-0.2, -0.15) is 0 Å². The topological polar surface area (TPSA) is 61.8 Å². The number of ether oxygens (including phenoxy) is 3. The molecule has 0 bridgehead atoms. The monoisotopic (exact) mass is 374 g/mol. The molecule has 6 heteroatoms. The van der Waals surface area contributed by atoms with E-state index in [0.717, 1.165) is 30.4 Å². The van der Waals surface area contributed by atoms with Gasteiger partial charge in [0.25, 0.3) is 0 Å². The molecule has 0 atom stereocenters. The predicted octanol–water partition coefficient (Wildman–Crippen LogP) is 5.00. The van der Waals surface area contributed by atoms with Crippen molar-refractivity contribution in [2.45, 2.75) is 32.6 Å². The number of hydrogen-bond donors (Lipinski definition) is 0. The van der Waals surface area contributed by atoms with Gasteiger partial charge in [-0.1, -0.05) is 18.2 Å². The first-order chi connectivity index (χ1) is 12.4. The number of carbonyl (C=O) groups excluding carboxylic acids is 2. The molecule has 5 nitrogen and oxygen atoms in total. The van der Waals surface area contributed by atoms with Crippen molar-refractivity contribution in [2.24, 2.45) is 0 Å². The zero-order valence-corrected chi connectivity index (χ0v) is 15.4. The fourth-order valence-corrected chi connectivity index (χ4v) is 3.34. The quantitative estimate of drug-likeness (QED) is 0.327. The Morgan fingerprint density at radius 3 is 2.23 bits per heavy atom. The third-order valence-electron chi connectivity index (χ3n) is 4.38. The predicted molar refractivity (Wildman–Crippen MR) is 99.1 cm³/mol. The third-order valence-corrected chi connectivity index (χ3v) is 4.62. The van der Waals surface area contributed by atoms with Crippen molar-refractivity contribution in [1.29, 1.82) is 0 Å². The summed E-state index contributed by atoms with van der Waals surface area (Å²) in [5, 5.41) is 1.75. The van der Waals surface area contributed by atoms with Crippen LogP contribution in [0.1, 0.15) is 30.9 Å². The third kappa shape index (κ3) is 3.40. The van der Waals surface area contributed by atoms with E-state index < -0.39 is 12.1 Å². The van der Waals surface area contributed by atoms with Gasteiger partial charge in [0.2, 0.25) is 0 Å². The van der Waals surface area contributed by atoms with Crippen LogP contribution in [0, 0.1) is 0 Å². The Kier molecular flexibility index (Phi) is 5.18. The summed E-state index contributed by atoms with van der Waals surface area (Å²) in [6, 6.07) is 5.17. The standard InChI is InChI=1S/C20H19ClO5/c1-11(2)19(22)25-17-13-6-4-5-7-14(13)18(26-20(23)24-3)16-10-12(21)8-9-15(16)17/h8-10H,1,4-7H2,2-3H3. The van der Waals surface area contributed by atoms with E-state index in [1.807, 2.05) is 0 Å². The number of hydrogen-bond acceptors (Lipinski definition) is 5. The van der Waals surface area contributed by atoms with Crippen molar-refractivity contribution in [3.05, 3.63) is 46.5 Å². The number of rotatable bonds is 3. The molecule has 3 rings (SSSR count). The highest BCUT2D eigenvalue weighted by atomic mass is 35.5. The van der Waals surface area contributed by atoms with Crippen molar-refractivity contribution >= 4 is 34.5 Å². The van der Waals surface area contributed by atoms with Gasteiger partial charge in [0, 0.05) is 32.5 Å². The SMILES string of the molecule is C=C(C)C(=O)Oc1c2c(c(OC(=O)OC)c3cc(Cl)ccc13)CCCC2. The molecule has 0 N–H and O–H groups in total. The molecule has 0 amide bonds. The molecule has 0 heterocycles. The van der Waals surface area contributed by atoms with Crippen LogP contribution in [-0.2, 0) is 22.4 Å². The number of esters is 1. The maximum absolute atomic E-state index is 12.2. The number of carbonyl (C=O) groups is 2. The molecule has 1 aliphatic rings. The summed E-state index contributed by atoms with van der Waals surface area (Å²) in [4.78, 5) is 23.9. The van der Waals surface area contributed by atoms with Gasteiger partial charge < -0.3 is 14.2 Å². The summed E-state index contributed by atoms with van der Waals surface area (Å²) >= 11 is 6.16. The molecule has 2 aromatic rings. The lowest BCUT2D eigenvalue weighted by atomic mass is 9.87. The van der Waals surface area contributed by atoms with Gasteiger partial charge in [-0.05, 0) is 50.8 Å². The van der Waals surface area contributed by atoms with Gasteiger partial charge in [0.15, 0.2) is 0 Å². The van der Waals surface area contributed by atoms with Crippen molar-refractivity contribution in [3.63, 3.8) is 0 Å². The molecular formula is C20H19ClO5. The molecule has 1 aliphatic carbocycles. The van der Waals surface area contributed by atoms with Crippen LogP contribution in [0.2, 0.25) is 5.02 Å². The molecule has 0 saturated heterocycles. The first kappa shape index (κ1) is 18.3. The molecule has 0 aromatic heterocycles. The zero-order valence-electron chi connectivity index (χ0n) is 14.7. The summed E-state index contributed by atoms with van der Waals surface area (Å²) in [5.74, 6) is 0.409. The van der Waals surface area contributed by atoms with Gasteiger partial charge in [-0.3, -0.25) is 0 Å². The van der Waals surface area contributed by atoms with Crippen LogP contribution in [0.3, 0.4) is 0 Å². The highest BCUT2D eigenvalue weighted by Crippen LogP contribution is 2.45. The normalized spacial score (nSPS) is 13.0. The fourth-order valence-electron chi connectivity index (χ4n) is 3.17. The van der Waals surface area contributed by atoms with E-state index in [9.17, 15) is 9.59 Å². The van der Waals surface area contributed by atoms with E-state index in [2.05, 4.69) is 11.3 Å². The molecule has 0 fully saturated rings. The van der Waals surface area contributed by atoms with Crippen molar-refractivity contribution in [1.82, 2.24) is 0 Å². The van der Waals surface area contributed by atoms with E-state index in [1.165, 1.54) is 7.11 Å². The summed E-state index contributed by atoms with van der Waals surface area (Å²) in [7, 11) is 1.26. The van der Waals surface area contributed by atoms with Crippen molar-refractivity contribution in [2.75, 3.05) is 7.11 Å². The minimum atomic E-state index is -0.800. The molecule has 0 radical (unpaired) electrons. The molecule has 0 aliphatic heterocycles. The molecule has 2 aromatic carbocycles. The van der Waals surface area contributed by atoms with Gasteiger partial charge in [0.1, 0.15) is 11.5 Å². The van der Waals surface area contributed by atoms with E-state index >= 15 is 0 Å². The highest BCUT2D eigenvalue weighted by molar-refractivity contribution is 6.31. The van der Waals surface area contributed by atoms with Crippen molar-refractivity contribution < 1.29 is 23.8 Å². The summed E-state index contributed by atoms with van der Waals surface area (Å²) in [6.07, 6.45) is 2.54. The van der Waals surface area contributed by atoms with Crippen LogP contribution >= 0.6 is 11.6 Å². The lowest BCUT2D eigenvalue weighted by Crippen LogP contribution is -2.16. The second-order valence-corrected chi connectivity index (χ2v) is 6.67. The Bertz CT molecular complexity index is 916. The average Bonchev–Trinajstić information content (AvgIpc) is 2.63. The van der Waals surface area contributed by atoms with Gasteiger partial charge in [0.05, 0.1) is 7.11 Å². The maximum Gasteiger partial charge on any atom is 0.513 e. The second kappa shape index (κ2) is 7.38. The Morgan fingerprint density at radius 2 is 1.65 bits per heavy atom. The molecular weight excluding hydrogens is 356 g/mol. The number of benzene rings is 2. The van der Waals surface area contributed by atoms with Crippen LogP contribution < -0.4 is 9.47 Å². The minimum absolute atomic E-state index is 0.312. The lowest BCUT2D eigenvalue weighted by Gasteiger charge is -2.24. The van der Waals surface area contributed by atoms with Crippen LogP contribution in [0.25, 0.3) is 10.8 Å². The number of fused-ring (bicyclic) bond motifs is 2. The van der Waals surface area contributed by atoms with E-state index in [-0.39, 0.29) is 0 Å². The molecule has 26 heavy (non-hydrogen) atoms. The molecule has 0 unspecified atom stereocenters. The number of halogens is 1. The average molecular weight is 375 g/mol. The Morgan fingerprint density at radius 1 is 1.04 bits per heavy atom. The van der Waals surface area contributed by atoms with E-state index in [4.69, 9.17) is 21.1 Å². The maximum atomic E-state index is 12.2. The largest absolute Gasteiger partial charge is 0.513 e. The van der Waals surface area contributed by atoms with Crippen LogP contribution in [0.4, 0.5) is 4.79 Å². The molecule has 0 saturated carbocycles. The Balaban J connectivity index is 2.30.